The van der Waals surface area contributed by atoms with Crippen LogP contribution < -0.4 is 5.73 Å². The molecule has 3 rings (SSSR count). The second kappa shape index (κ2) is 4.36. The molecular weight excluding hydrogens is 305 g/mol. The normalized spacial score (nSPS) is 23.6. The van der Waals surface area contributed by atoms with E-state index in [0.29, 0.717) is 19.5 Å². The van der Waals surface area contributed by atoms with Gasteiger partial charge in [0.2, 0.25) is 0 Å². The number of likely N-dealkylation sites (tertiary alicyclic amines) is 1. The van der Waals surface area contributed by atoms with Gasteiger partial charge in [-0.15, -0.1) is 0 Å². The lowest BCUT2D eigenvalue weighted by atomic mass is 9.93. The van der Waals surface area contributed by atoms with E-state index in [-0.39, 0.29) is 23.5 Å². The van der Waals surface area contributed by atoms with Crippen LogP contribution in [0.3, 0.4) is 0 Å². The van der Waals surface area contributed by atoms with Crippen molar-refractivity contribution in [1.29, 1.82) is 0 Å². The Hall–Kier alpha value is -1.28. The summed E-state index contributed by atoms with van der Waals surface area (Å²) in [6.45, 7) is 0.612. The molecule has 1 aromatic carbocycles. The number of benzene rings is 1. The van der Waals surface area contributed by atoms with Crippen molar-refractivity contribution in [2.75, 3.05) is 24.6 Å². The number of rotatable bonds is 2. The van der Waals surface area contributed by atoms with Crippen molar-refractivity contribution < 1.29 is 21.6 Å². The molecule has 0 radical (unpaired) electrons. The summed E-state index contributed by atoms with van der Waals surface area (Å²) >= 11 is 0. The molecule has 2 aliphatic heterocycles. The first kappa shape index (κ1) is 14.6. The van der Waals surface area contributed by atoms with Crippen molar-refractivity contribution in [1.82, 2.24) is 4.90 Å². The van der Waals surface area contributed by atoms with Crippen molar-refractivity contribution in [2.24, 2.45) is 0 Å². The van der Waals surface area contributed by atoms with Gasteiger partial charge in [0.15, 0.2) is 9.84 Å². The van der Waals surface area contributed by atoms with Crippen molar-refractivity contribution >= 4 is 15.5 Å². The summed E-state index contributed by atoms with van der Waals surface area (Å²) in [7, 11) is -3.05. The molecule has 2 saturated heterocycles. The summed E-state index contributed by atoms with van der Waals surface area (Å²) in [6, 6.07) is 3.71. The number of nitrogen functional groups attached to an aromatic ring is 1. The fourth-order valence-electron chi connectivity index (χ4n) is 3.06. The monoisotopic (exact) mass is 320 g/mol. The molecule has 2 heterocycles. The Bertz CT molecular complexity index is 679. The highest BCUT2D eigenvalue weighted by Gasteiger charge is 2.59. The fourth-order valence-corrected chi connectivity index (χ4v) is 4.94. The first-order valence-corrected chi connectivity index (χ1v) is 8.19. The maximum absolute atomic E-state index is 13.0. The summed E-state index contributed by atoms with van der Waals surface area (Å²) in [5, 5.41) is 0. The Morgan fingerprint density at radius 3 is 2.43 bits per heavy atom. The lowest BCUT2D eigenvalue weighted by Crippen LogP contribution is -2.71. The molecule has 21 heavy (non-hydrogen) atoms. The number of nitrogens with two attached hydrogens (primary N) is 1. The molecule has 8 heteroatoms. The van der Waals surface area contributed by atoms with Crippen LogP contribution in [0.4, 0.5) is 18.9 Å². The predicted octanol–water partition coefficient (Wildman–Crippen LogP) is 1.66. The fraction of sp³-hybridized carbons (Fsp3) is 0.538. The standard InChI is InChI=1S/C13H15F3N2O2S/c14-13(15,16)10-2-1-3-11(17)9(10)6-18-7-12(8-18)4-5-21(12,19)20/h1-3H,4-8,17H2. The van der Waals surface area contributed by atoms with Crippen LogP contribution >= 0.6 is 0 Å². The summed E-state index contributed by atoms with van der Waals surface area (Å²) < 4.78 is 61.6. The van der Waals surface area contributed by atoms with E-state index >= 15 is 0 Å². The molecule has 1 spiro atoms. The number of halogens is 3. The first-order valence-electron chi connectivity index (χ1n) is 6.54. The molecule has 0 bridgehead atoms. The molecule has 1 aromatic rings. The van der Waals surface area contributed by atoms with Crippen molar-refractivity contribution in [2.45, 2.75) is 23.9 Å². The molecular formula is C13H15F3N2O2S. The molecule has 0 aromatic heterocycles. The molecule has 4 nitrogen and oxygen atoms in total. The van der Waals surface area contributed by atoms with E-state index in [1.54, 1.807) is 4.90 Å². The van der Waals surface area contributed by atoms with E-state index in [1.807, 2.05) is 0 Å². The van der Waals surface area contributed by atoms with Crippen LogP contribution in [0.15, 0.2) is 18.2 Å². The Kier molecular flexibility index (Phi) is 3.04. The van der Waals surface area contributed by atoms with Crippen LogP contribution in [0.25, 0.3) is 0 Å². The average Bonchev–Trinajstić information content (AvgIpc) is 2.31. The minimum atomic E-state index is -4.46. The first-order chi connectivity index (χ1) is 9.65. The summed E-state index contributed by atoms with van der Waals surface area (Å²) in [5.74, 6) is 0.183. The number of anilines is 1. The topological polar surface area (TPSA) is 63.4 Å². The Morgan fingerprint density at radius 1 is 1.29 bits per heavy atom. The van der Waals surface area contributed by atoms with Gasteiger partial charge in [-0.1, -0.05) is 6.07 Å². The lowest BCUT2D eigenvalue weighted by Gasteiger charge is -2.54. The number of sulfone groups is 1. The van der Waals surface area contributed by atoms with Gasteiger partial charge < -0.3 is 5.73 Å². The lowest BCUT2D eigenvalue weighted by molar-refractivity contribution is -0.138. The highest BCUT2D eigenvalue weighted by molar-refractivity contribution is 7.94. The number of nitrogens with zero attached hydrogens (tertiary/aromatic N) is 1. The SMILES string of the molecule is Nc1cccc(C(F)(F)F)c1CN1CC2(CCS2(=O)=O)C1. The third-order valence-corrected chi connectivity index (χ3v) is 6.93. The zero-order valence-electron chi connectivity index (χ0n) is 11.2. The second-order valence-electron chi connectivity index (χ2n) is 5.77. The van der Waals surface area contributed by atoms with Gasteiger partial charge in [-0.2, -0.15) is 13.2 Å². The van der Waals surface area contributed by atoms with Gasteiger partial charge in [0, 0.05) is 30.9 Å². The Labute approximate surface area is 120 Å². The quantitative estimate of drug-likeness (QED) is 0.842. The van der Waals surface area contributed by atoms with Gasteiger partial charge in [0.1, 0.15) is 0 Å². The molecule has 0 unspecified atom stereocenters. The van der Waals surface area contributed by atoms with Crippen LogP contribution in [0.5, 0.6) is 0 Å². The largest absolute Gasteiger partial charge is 0.416 e. The van der Waals surface area contributed by atoms with E-state index in [1.165, 1.54) is 12.1 Å². The summed E-state index contributed by atoms with van der Waals surface area (Å²) in [5.41, 5.74) is 5.03. The van der Waals surface area contributed by atoms with Crippen molar-refractivity contribution in [3.05, 3.63) is 29.3 Å². The van der Waals surface area contributed by atoms with E-state index in [0.717, 1.165) is 6.07 Å². The second-order valence-corrected chi connectivity index (χ2v) is 8.27. The van der Waals surface area contributed by atoms with Crippen LogP contribution in [0, 0.1) is 0 Å². The van der Waals surface area contributed by atoms with Gasteiger partial charge in [0.25, 0.3) is 0 Å². The Morgan fingerprint density at radius 2 is 1.95 bits per heavy atom. The molecule has 0 saturated carbocycles. The van der Waals surface area contributed by atoms with Crippen LogP contribution in [0.2, 0.25) is 0 Å². The highest BCUT2D eigenvalue weighted by Crippen LogP contribution is 2.43. The third-order valence-electron chi connectivity index (χ3n) is 4.41. The molecule has 0 aliphatic carbocycles. The minimum Gasteiger partial charge on any atom is -0.398 e. The molecule has 2 aliphatic rings. The average molecular weight is 320 g/mol. The number of hydrogen-bond acceptors (Lipinski definition) is 4. The minimum absolute atomic E-state index is 0.0246. The van der Waals surface area contributed by atoms with E-state index < -0.39 is 26.3 Å². The van der Waals surface area contributed by atoms with E-state index in [4.69, 9.17) is 5.73 Å². The number of hydrogen-bond donors (Lipinski definition) is 1. The van der Waals surface area contributed by atoms with Crippen LogP contribution in [-0.4, -0.2) is 36.9 Å². The molecule has 2 N–H and O–H groups in total. The van der Waals surface area contributed by atoms with Crippen molar-refractivity contribution in [3.63, 3.8) is 0 Å². The highest BCUT2D eigenvalue weighted by atomic mass is 32.2. The number of alkyl halides is 3. The van der Waals surface area contributed by atoms with Gasteiger partial charge in [-0.05, 0) is 18.6 Å². The Balaban J connectivity index is 1.79. The zero-order chi connectivity index (χ0) is 15.5. The third kappa shape index (κ3) is 2.20. The summed E-state index contributed by atoms with van der Waals surface area (Å²) in [6.07, 6.45) is -3.86. The van der Waals surface area contributed by atoms with Crippen LogP contribution in [0.1, 0.15) is 17.5 Å². The van der Waals surface area contributed by atoms with E-state index in [2.05, 4.69) is 0 Å². The maximum atomic E-state index is 13.0. The van der Waals surface area contributed by atoms with Gasteiger partial charge in [-0.3, -0.25) is 4.90 Å². The van der Waals surface area contributed by atoms with Crippen molar-refractivity contribution in [3.8, 4) is 0 Å². The zero-order valence-corrected chi connectivity index (χ0v) is 12.0. The summed E-state index contributed by atoms with van der Waals surface area (Å²) in [4.78, 5) is 1.71. The van der Waals surface area contributed by atoms with E-state index in [9.17, 15) is 21.6 Å². The van der Waals surface area contributed by atoms with Gasteiger partial charge in [0.05, 0.1) is 16.1 Å². The molecule has 0 atom stereocenters. The van der Waals surface area contributed by atoms with Crippen LogP contribution in [-0.2, 0) is 22.6 Å². The van der Waals surface area contributed by atoms with Gasteiger partial charge in [-0.25, -0.2) is 8.42 Å². The smallest absolute Gasteiger partial charge is 0.398 e. The predicted molar refractivity (Wildman–Crippen MR) is 72.3 cm³/mol. The maximum Gasteiger partial charge on any atom is 0.416 e. The molecule has 116 valence electrons. The molecule has 2 fully saturated rings. The molecule has 0 amide bonds. The van der Waals surface area contributed by atoms with Gasteiger partial charge >= 0.3 is 6.18 Å².